The van der Waals surface area contributed by atoms with E-state index in [4.69, 9.17) is 0 Å². The van der Waals surface area contributed by atoms with Gasteiger partial charge in [-0.15, -0.1) is 11.3 Å². The topological polar surface area (TPSA) is 104 Å². The zero-order valence-corrected chi connectivity index (χ0v) is 23.5. The van der Waals surface area contributed by atoms with Gasteiger partial charge >= 0.3 is 0 Å². The van der Waals surface area contributed by atoms with Crippen LogP contribution in [0.3, 0.4) is 0 Å². The molecule has 3 fully saturated rings. The van der Waals surface area contributed by atoms with Gasteiger partial charge in [0.05, 0.1) is 11.8 Å². The van der Waals surface area contributed by atoms with Gasteiger partial charge in [0.15, 0.2) is 0 Å². The van der Waals surface area contributed by atoms with Gasteiger partial charge < -0.3 is 4.90 Å². The van der Waals surface area contributed by atoms with Crippen LogP contribution in [0, 0.1) is 5.41 Å². The monoisotopic (exact) mass is 563 g/mol. The molecule has 2 aliphatic carbocycles. The van der Waals surface area contributed by atoms with E-state index in [0.29, 0.717) is 36.3 Å². The van der Waals surface area contributed by atoms with Crippen LogP contribution in [0.25, 0.3) is 0 Å². The molecule has 200 valence electrons. The van der Waals surface area contributed by atoms with Crippen molar-refractivity contribution >= 4 is 48.7 Å². The third-order valence-corrected chi connectivity index (χ3v) is 12.7. The Morgan fingerprint density at radius 3 is 2.27 bits per heavy atom. The molecular weight excluding hydrogens is 531 g/mol. The van der Waals surface area contributed by atoms with E-state index in [1.165, 1.54) is 23.2 Å². The number of thiophene rings is 1. The van der Waals surface area contributed by atoms with E-state index in [1.807, 2.05) is 12.1 Å². The van der Waals surface area contributed by atoms with Crippen LogP contribution < -0.4 is 9.62 Å². The maximum Gasteiger partial charge on any atom is 0.259 e. The van der Waals surface area contributed by atoms with E-state index in [1.54, 1.807) is 16.3 Å². The normalized spacial score (nSPS) is 22.8. The van der Waals surface area contributed by atoms with Gasteiger partial charge in [0.2, 0.25) is 10.0 Å². The van der Waals surface area contributed by atoms with Crippen LogP contribution in [-0.4, -0.2) is 52.9 Å². The molecule has 0 bridgehead atoms. The second-order valence-corrected chi connectivity index (χ2v) is 16.2. The quantitative estimate of drug-likeness (QED) is 0.575. The number of anilines is 2. The Bertz CT molecular complexity index is 1440. The highest BCUT2D eigenvalue weighted by molar-refractivity contribution is 7.92. The summed E-state index contributed by atoms with van der Waals surface area (Å²) in [6, 6.07) is 6.95. The first-order valence-electron chi connectivity index (χ1n) is 13.0. The summed E-state index contributed by atoms with van der Waals surface area (Å²) in [5, 5.41) is 1.66. The minimum Gasteiger partial charge on any atom is -0.307 e. The smallest absolute Gasteiger partial charge is 0.259 e. The zero-order chi connectivity index (χ0) is 26.1. The fourth-order valence-corrected chi connectivity index (χ4v) is 9.82. The number of nitrogens with one attached hydrogen (secondary N) is 1. The van der Waals surface area contributed by atoms with Gasteiger partial charge in [-0.3, -0.25) is 9.52 Å². The van der Waals surface area contributed by atoms with Crippen LogP contribution in [0.15, 0.2) is 33.9 Å². The number of hydrogen-bond donors (Lipinski definition) is 1. The van der Waals surface area contributed by atoms with Gasteiger partial charge in [0.1, 0.15) is 4.21 Å². The summed E-state index contributed by atoms with van der Waals surface area (Å²) in [7, 11) is -7.03. The summed E-state index contributed by atoms with van der Waals surface area (Å²) in [5.74, 6) is -0.204. The number of carbonyl (C=O) groups excluding carboxylic acids is 1. The fourth-order valence-electron chi connectivity index (χ4n) is 6.44. The lowest BCUT2D eigenvalue weighted by molar-refractivity contribution is 0.0980. The van der Waals surface area contributed by atoms with Crippen molar-refractivity contribution in [3.8, 4) is 0 Å². The molecular formula is C26H33N3O5S3. The number of hydrogen-bond acceptors (Lipinski definition) is 6. The minimum atomic E-state index is -3.60. The molecule has 1 aromatic carbocycles. The lowest BCUT2D eigenvalue weighted by Gasteiger charge is -2.38. The maximum atomic E-state index is 13.8. The predicted molar refractivity (Wildman–Crippen MR) is 145 cm³/mol. The molecule has 11 heteroatoms. The van der Waals surface area contributed by atoms with Crippen molar-refractivity contribution in [2.75, 3.05) is 35.5 Å². The lowest BCUT2D eigenvalue weighted by atomic mass is 9.66. The van der Waals surface area contributed by atoms with Crippen LogP contribution in [0.2, 0.25) is 0 Å². The SMILES string of the molecule is CS(=O)(=O)Nc1ccc2c(c1)C1(CCC3(CC3)CC1)CN2C(=O)c1csc(S(=O)(=O)N2CCCCC2)c1. The first-order chi connectivity index (χ1) is 17.5. The number of carbonyl (C=O) groups is 1. The second kappa shape index (κ2) is 8.79. The summed E-state index contributed by atoms with van der Waals surface area (Å²) in [4.78, 5) is 15.6. The summed E-state index contributed by atoms with van der Waals surface area (Å²) in [6.07, 6.45) is 10.6. The van der Waals surface area contributed by atoms with E-state index in [0.717, 1.165) is 73.8 Å². The molecule has 0 radical (unpaired) electrons. The van der Waals surface area contributed by atoms with E-state index in [9.17, 15) is 21.6 Å². The highest BCUT2D eigenvalue weighted by Crippen LogP contribution is 2.62. The fraction of sp³-hybridized carbons (Fsp3) is 0.577. The van der Waals surface area contributed by atoms with E-state index in [-0.39, 0.29) is 15.5 Å². The molecule has 2 spiro atoms. The number of nitrogens with zero attached hydrogens (tertiary/aromatic N) is 2. The Morgan fingerprint density at radius 1 is 0.946 bits per heavy atom. The van der Waals surface area contributed by atoms with Gasteiger partial charge in [-0.05, 0) is 86.6 Å². The number of fused-ring (bicyclic) bond motifs is 2. The average Bonchev–Trinajstić information content (AvgIpc) is 3.31. The Hall–Kier alpha value is -1.95. The number of benzene rings is 1. The molecule has 2 saturated carbocycles. The maximum absolute atomic E-state index is 13.8. The molecule has 1 amide bonds. The molecule has 6 rings (SSSR count). The molecule has 1 N–H and O–H groups in total. The van der Waals surface area contributed by atoms with Crippen LogP contribution in [0.1, 0.15) is 73.7 Å². The number of amides is 1. The van der Waals surface area contributed by atoms with Gasteiger partial charge in [-0.2, -0.15) is 4.31 Å². The van der Waals surface area contributed by atoms with Crippen LogP contribution in [0.5, 0.6) is 0 Å². The molecule has 4 aliphatic rings. The molecule has 1 aromatic heterocycles. The van der Waals surface area contributed by atoms with E-state index >= 15 is 0 Å². The van der Waals surface area contributed by atoms with E-state index < -0.39 is 20.0 Å². The van der Waals surface area contributed by atoms with Crippen molar-refractivity contribution in [3.05, 3.63) is 40.8 Å². The molecule has 1 saturated heterocycles. The van der Waals surface area contributed by atoms with Crippen molar-refractivity contribution in [2.45, 2.75) is 67.4 Å². The van der Waals surface area contributed by atoms with Crippen molar-refractivity contribution in [1.82, 2.24) is 4.31 Å². The Morgan fingerprint density at radius 2 is 1.62 bits per heavy atom. The van der Waals surface area contributed by atoms with Gasteiger partial charge in [-0.1, -0.05) is 6.42 Å². The summed E-state index contributed by atoms with van der Waals surface area (Å²) in [6.45, 7) is 1.58. The highest BCUT2D eigenvalue weighted by Gasteiger charge is 2.53. The number of rotatable bonds is 5. The van der Waals surface area contributed by atoms with Crippen LogP contribution >= 0.6 is 11.3 Å². The third-order valence-electron chi connectivity index (χ3n) is 8.82. The first-order valence-corrected chi connectivity index (χ1v) is 17.2. The third kappa shape index (κ3) is 4.62. The van der Waals surface area contributed by atoms with Crippen molar-refractivity contribution in [3.63, 3.8) is 0 Å². The summed E-state index contributed by atoms with van der Waals surface area (Å²) in [5.41, 5.74) is 2.95. The first kappa shape index (κ1) is 25.3. The molecule has 3 heterocycles. The second-order valence-electron chi connectivity index (χ2n) is 11.4. The van der Waals surface area contributed by atoms with Crippen LogP contribution in [-0.2, 0) is 25.5 Å². The van der Waals surface area contributed by atoms with Gasteiger partial charge in [0.25, 0.3) is 15.9 Å². The summed E-state index contributed by atoms with van der Waals surface area (Å²) < 4.78 is 54.4. The average molecular weight is 564 g/mol. The zero-order valence-electron chi connectivity index (χ0n) is 21.0. The Labute approximate surface area is 223 Å². The molecule has 37 heavy (non-hydrogen) atoms. The Balaban J connectivity index is 1.32. The largest absolute Gasteiger partial charge is 0.307 e. The summed E-state index contributed by atoms with van der Waals surface area (Å²) >= 11 is 1.11. The Kier molecular flexibility index (Phi) is 6.02. The molecule has 8 nitrogen and oxygen atoms in total. The van der Waals surface area contributed by atoms with Gasteiger partial charge in [-0.25, -0.2) is 16.8 Å². The van der Waals surface area contributed by atoms with Crippen molar-refractivity contribution in [1.29, 1.82) is 0 Å². The lowest BCUT2D eigenvalue weighted by Crippen LogP contribution is -2.39. The molecule has 2 aliphatic heterocycles. The minimum absolute atomic E-state index is 0.204. The highest BCUT2D eigenvalue weighted by atomic mass is 32.2. The standard InChI is InChI=1S/C26H33N3O5S3/c1-36(31,32)27-20-5-6-22-21(16-20)26(11-9-25(7-8-25)10-12-26)18-29(22)24(30)19-15-23(35-17-19)37(33,34)28-13-3-2-4-14-28/h5-6,15-17,27H,2-4,7-14,18H2,1H3. The predicted octanol–water partition coefficient (Wildman–Crippen LogP) is 4.55. The van der Waals surface area contributed by atoms with Crippen LogP contribution in [0.4, 0.5) is 11.4 Å². The molecule has 2 aromatic rings. The van der Waals surface area contributed by atoms with Crippen molar-refractivity contribution < 1.29 is 21.6 Å². The number of sulfonamides is 2. The molecule has 0 unspecified atom stereocenters. The van der Waals surface area contributed by atoms with Gasteiger partial charge in [0, 0.05) is 41.8 Å². The molecule has 0 atom stereocenters. The number of piperidine rings is 1. The van der Waals surface area contributed by atoms with Crippen molar-refractivity contribution in [2.24, 2.45) is 5.41 Å². The van der Waals surface area contributed by atoms with E-state index in [2.05, 4.69) is 4.72 Å².